The molecule has 4 heterocycles. The predicted octanol–water partition coefficient (Wildman–Crippen LogP) is 7.06. The molecule has 46 heavy (non-hydrogen) atoms. The van der Waals surface area contributed by atoms with Gasteiger partial charge >= 0.3 is 0 Å². The zero-order chi connectivity index (χ0) is 32.3. The lowest BCUT2D eigenvalue weighted by molar-refractivity contribution is 0.0741. The van der Waals surface area contributed by atoms with Gasteiger partial charge in [-0.3, -0.25) is 14.5 Å². The molecule has 12 heteroatoms. The van der Waals surface area contributed by atoms with Crippen LogP contribution in [0.5, 0.6) is 0 Å². The van der Waals surface area contributed by atoms with Crippen molar-refractivity contribution in [2.24, 2.45) is 22.7 Å². The Morgan fingerprint density at radius 3 is 2.85 bits per heavy atom. The lowest BCUT2D eigenvalue weighted by Crippen LogP contribution is -2.34. The van der Waals surface area contributed by atoms with Gasteiger partial charge in [0.15, 0.2) is 5.82 Å². The highest BCUT2D eigenvalue weighted by atomic mass is 19.3. The van der Waals surface area contributed by atoms with Crippen LogP contribution in [-0.4, -0.2) is 53.6 Å². The fourth-order valence-electron chi connectivity index (χ4n) is 8.81. The number of fused-ring (bicyclic) bond motifs is 2. The van der Waals surface area contributed by atoms with Crippen molar-refractivity contribution in [2.45, 2.75) is 77.2 Å². The SMILES string of the molecule is CCCN(CCC1C2CC[C@@]3(CCC12C)CC3(CC#N)n1cc(-c2ncnc3[nH]ccc23)cn1)C(=O)c1ccnc(C(F)F)c1F. The van der Waals surface area contributed by atoms with Gasteiger partial charge in [-0.1, -0.05) is 13.8 Å². The third-order valence-corrected chi connectivity index (χ3v) is 11.5. The third-order valence-electron chi connectivity index (χ3n) is 11.5. The highest BCUT2D eigenvalue weighted by Crippen LogP contribution is 2.76. The number of hydrogen-bond acceptors (Lipinski definition) is 6. The van der Waals surface area contributed by atoms with Gasteiger partial charge in [-0.15, -0.1) is 0 Å². The maximum absolute atomic E-state index is 14.8. The molecule has 4 aromatic rings. The smallest absolute Gasteiger partial charge is 0.283 e. The molecule has 1 N–H and O–H groups in total. The fraction of sp³-hybridized carbons (Fsp3) is 0.529. The summed E-state index contributed by atoms with van der Waals surface area (Å²) in [5.74, 6) is -0.865. The number of aromatic nitrogens is 6. The molecule has 3 aliphatic carbocycles. The Hall–Kier alpha value is -4.27. The molecular formula is C34H37F3N8O. The average Bonchev–Trinajstić information content (AvgIpc) is 3.55. The molecular weight excluding hydrogens is 593 g/mol. The van der Waals surface area contributed by atoms with Gasteiger partial charge in [0.1, 0.15) is 17.7 Å². The number of nitrogens with zero attached hydrogens (tertiary/aromatic N) is 7. The zero-order valence-electron chi connectivity index (χ0n) is 26.0. The maximum atomic E-state index is 14.8. The first-order valence-corrected chi connectivity index (χ1v) is 16.1. The Morgan fingerprint density at radius 2 is 2.07 bits per heavy atom. The van der Waals surface area contributed by atoms with E-state index in [9.17, 15) is 23.2 Å². The number of H-pyrrole nitrogens is 1. The Kier molecular flexibility index (Phi) is 7.41. The van der Waals surface area contributed by atoms with Crippen LogP contribution in [0.25, 0.3) is 22.3 Å². The minimum Gasteiger partial charge on any atom is -0.346 e. The van der Waals surface area contributed by atoms with Crippen LogP contribution in [0.15, 0.2) is 43.2 Å². The van der Waals surface area contributed by atoms with E-state index in [1.807, 2.05) is 36.3 Å². The van der Waals surface area contributed by atoms with Crippen molar-refractivity contribution in [3.05, 3.63) is 60.3 Å². The van der Waals surface area contributed by atoms with Gasteiger partial charge in [-0.25, -0.2) is 23.1 Å². The Balaban J connectivity index is 1.04. The van der Waals surface area contributed by atoms with Crippen molar-refractivity contribution in [3.63, 3.8) is 0 Å². The first-order valence-electron chi connectivity index (χ1n) is 16.1. The Bertz CT molecular complexity index is 1830. The molecule has 0 bridgehead atoms. The second-order valence-electron chi connectivity index (χ2n) is 13.7. The number of amides is 1. The summed E-state index contributed by atoms with van der Waals surface area (Å²) in [7, 11) is 0. The molecule has 7 rings (SSSR count). The molecule has 1 amide bonds. The number of alkyl halides is 2. The minimum absolute atomic E-state index is 0.00751. The van der Waals surface area contributed by atoms with Crippen LogP contribution in [0.2, 0.25) is 0 Å². The lowest BCUT2D eigenvalue weighted by atomic mass is 9.85. The van der Waals surface area contributed by atoms with Crippen LogP contribution in [0.3, 0.4) is 0 Å². The topological polar surface area (TPSA) is 116 Å². The summed E-state index contributed by atoms with van der Waals surface area (Å²) < 4.78 is 43.3. The molecule has 0 aliphatic heterocycles. The summed E-state index contributed by atoms with van der Waals surface area (Å²) in [6.07, 6.45) is 12.1. The molecule has 3 fully saturated rings. The molecule has 1 spiro atoms. The van der Waals surface area contributed by atoms with Crippen molar-refractivity contribution in [1.82, 2.24) is 34.6 Å². The number of aromatic amines is 1. The summed E-state index contributed by atoms with van der Waals surface area (Å²) in [4.78, 5) is 30.3. The summed E-state index contributed by atoms with van der Waals surface area (Å²) in [6, 6.07) is 5.60. The van der Waals surface area contributed by atoms with Gasteiger partial charge in [0, 0.05) is 42.6 Å². The van der Waals surface area contributed by atoms with E-state index in [0.29, 0.717) is 37.8 Å². The quantitative estimate of drug-likeness (QED) is 0.201. The molecule has 5 atom stereocenters. The van der Waals surface area contributed by atoms with Crippen LogP contribution in [0.1, 0.15) is 87.7 Å². The van der Waals surface area contributed by atoms with Gasteiger partial charge in [0.05, 0.1) is 35.5 Å². The van der Waals surface area contributed by atoms with Crippen molar-refractivity contribution in [3.8, 4) is 17.3 Å². The second kappa shape index (κ2) is 11.2. The first-order chi connectivity index (χ1) is 22.2. The number of halogens is 3. The summed E-state index contributed by atoms with van der Waals surface area (Å²) in [5.41, 5.74) is 0.943. The monoisotopic (exact) mass is 630 g/mol. The Morgan fingerprint density at radius 1 is 1.22 bits per heavy atom. The van der Waals surface area contributed by atoms with Crippen molar-refractivity contribution < 1.29 is 18.0 Å². The van der Waals surface area contributed by atoms with Crippen LogP contribution in [-0.2, 0) is 5.54 Å². The van der Waals surface area contributed by atoms with Crippen LogP contribution in [0, 0.1) is 39.8 Å². The first kappa shape index (κ1) is 30.4. The number of carbonyl (C=O) groups is 1. The number of rotatable bonds is 10. The summed E-state index contributed by atoms with van der Waals surface area (Å²) in [5, 5.41) is 15.6. The molecule has 3 aliphatic rings. The largest absolute Gasteiger partial charge is 0.346 e. The Labute approximate surface area is 265 Å². The maximum Gasteiger partial charge on any atom is 0.283 e. The van der Waals surface area contributed by atoms with Crippen molar-refractivity contribution in [1.29, 1.82) is 5.26 Å². The van der Waals surface area contributed by atoms with E-state index in [0.717, 1.165) is 67.0 Å². The van der Waals surface area contributed by atoms with Crippen molar-refractivity contribution in [2.75, 3.05) is 13.1 Å². The average molecular weight is 631 g/mol. The van der Waals surface area contributed by atoms with E-state index in [1.54, 1.807) is 11.2 Å². The van der Waals surface area contributed by atoms with Gasteiger partial charge in [0.2, 0.25) is 0 Å². The highest BCUT2D eigenvalue weighted by Gasteiger charge is 2.72. The van der Waals surface area contributed by atoms with E-state index >= 15 is 0 Å². The number of carbonyl (C=O) groups excluding carboxylic acids is 1. The standard InChI is InChI=1S/C34H37F3N8O/c1-3-15-44(31(46)22-5-13-39-28(26(22)35)29(36)37)16-7-25-24-4-8-33(10-9-32(24,25)2)19-34(33,11-12-38)45-18-21(17-43-45)27-23-6-14-40-30(23)42-20-41-27/h5-6,13-14,17-18,20,24-25,29H,3-4,7-11,15-16,19H2,1-2H3,(H,40,41,42)/t24?,25?,32?,33-,34?/m1/s1. The second-order valence-corrected chi connectivity index (χ2v) is 13.7. The van der Waals surface area contributed by atoms with Crippen LogP contribution in [0.4, 0.5) is 13.2 Å². The molecule has 4 unspecified atom stereocenters. The number of pyridine rings is 1. The van der Waals surface area contributed by atoms with E-state index in [-0.39, 0.29) is 21.9 Å². The van der Waals surface area contributed by atoms with E-state index in [2.05, 4.69) is 32.9 Å². The zero-order valence-corrected chi connectivity index (χ0v) is 26.0. The summed E-state index contributed by atoms with van der Waals surface area (Å²) >= 11 is 0. The molecule has 0 radical (unpaired) electrons. The van der Waals surface area contributed by atoms with Crippen molar-refractivity contribution >= 4 is 16.9 Å². The third kappa shape index (κ3) is 4.69. The predicted molar refractivity (Wildman–Crippen MR) is 164 cm³/mol. The lowest BCUT2D eigenvalue weighted by Gasteiger charge is -2.26. The van der Waals surface area contributed by atoms with E-state index in [4.69, 9.17) is 5.10 Å². The molecule has 3 saturated carbocycles. The molecule has 0 saturated heterocycles. The van der Waals surface area contributed by atoms with Gasteiger partial charge in [0.25, 0.3) is 12.3 Å². The fourth-order valence-corrected chi connectivity index (χ4v) is 8.81. The van der Waals surface area contributed by atoms with E-state index < -0.39 is 23.8 Å². The number of nitrogens with one attached hydrogen (secondary N) is 1. The number of nitriles is 1. The van der Waals surface area contributed by atoms with Crippen LogP contribution >= 0.6 is 0 Å². The molecule has 9 nitrogen and oxygen atoms in total. The number of hydrogen-bond donors (Lipinski definition) is 1. The van der Waals surface area contributed by atoms with Gasteiger partial charge in [-0.2, -0.15) is 10.4 Å². The highest BCUT2D eigenvalue weighted by molar-refractivity contribution is 5.94. The van der Waals surface area contributed by atoms with Crippen LogP contribution < -0.4 is 0 Å². The normalized spacial score (nSPS) is 28.2. The van der Waals surface area contributed by atoms with Gasteiger partial charge < -0.3 is 9.88 Å². The molecule has 240 valence electrons. The summed E-state index contributed by atoms with van der Waals surface area (Å²) in [6.45, 7) is 5.15. The van der Waals surface area contributed by atoms with Gasteiger partial charge in [-0.05, 0) is 79.7 Å². The minimum atomic E-state index is -3.09. The molecule has 0 aromatic carbocycles. The molecule has 4 aromatic heterocycles. The van der Waals surface area contributed by atoms with E-state index in [1.165, 1.54) is 6.07 Å².